The molecule has 1 aliphatic rings. The minimum Gasteiger partial charge on any atom is -0.311 e. The van der Waals surface area contributed by atoms with E-state index in [1.165, 1.54) is 6.92 Å². The van der Waals surface area contributed by atoms with E-state index in [4.69, 9.17) is 0 Å². The lowest BCUT2D eigenvalue weighted by Gasteiger charge is -2.28. The Balaban J connectivity index is 1.95. The number of para-hydroxylation sites is 1. The topological polar surface area (TPSA) is 66.5 Å². The van der Waals surface area contributed by atoms with Crippen molar-refractivity contribution in [2.75, 3.05) is 21.9 Å². The maximum atomic E-state index is 12.8. The maximum Gasteiger partial charge on any atom is 0.261 e. The number of hydrogen-bond donors (Lipinski definition) is 1. The second-order valence-corrected chi connectivity index (χ2v) is 8.58. The van der Waals surface area contributed by atoms with Crippen LogP contribution in [0.4, 0.5) is 11.4 Å². The molecule has 3 rings (SSSR count). The summed E-state index contributed by atoms with van der Waals surface area (Å²) in [5, 5.41) is 0. The summed E-state index contributed by atoms with van der Waals surface area (Å²) in [5.41, 5.74) is 2.32. The van der Waals surface area contributed by atoms with E-state index in [-0.39, 0.29) is 10.8 Å². The van der Waals surface area contributed by atoms with Crippen LogP contribution in [0.2, 0.25) is 0 Å². The van der Waals surface area contributed by atoms with E-state index in [0.717, 1.165) is 28.3 Å². The quantitative estimate of drug-likeness (QED) is 0.887. The monoisotopic (exact) mass is 376 g/mol. The van der Waals surface area contributed by atoms with Gasteiger partial charge in [0.2, 0.25) is 5.91 Å². The number of hydrogen-bond acceptors (Lipinski definition) is 4. The first kappa shape index (κ1) is 17.8. The molecular formula is C18H20N2O3S2. The Labute approximate surface area is 152 Å². The third-order valence-electron chi connectivity index (χ3n) is 4.13. The molecule has 1 heterocycles. The van der Waals surface area contributed by atoms with Gasteiger partial charge in [-0.15, -0.1) is 11.8 Å². The van der Waals surface area contributed by atoms with Gasteiger partial charge in [-0.1, -0.05) is 25.1 Å². The molecule has 2 aromatic carbocycles. The standard InChI is InChI=1S/C18H20N2O3S2/c1-3-14-6-4-5-7-16(14)19-25(22,23)15-8-9-17-18(12-15)24-11-10-20(17)13(2)21/h4-9,12,19H,3,10-11H2,1-2H3. The molecule has 2 aromatic rings. The SMILES string of the molecule is CCc1ccccc1NS(=O)(=O)c1ccc2c(c1)SCCN2C(C)=O. The zero-order valence-electron chi connectivity index (χ0n) is 14.2. The van der Waals surface area contributed by atoms with Crippen LogP contribution in [0.3, 0.4) is 0 Å². The summed E-state index contributed by atoms with van der Waals surface area (Å²) in [6.07, 6.45) is 0.742. The van der Waals surface area contributed by atoms with Crippen LogP contribution in [0.5, 0.6) is 0 Å². The van der Waals surface area contributed by atoms with Gasteiger partial charge in [0, 0.05) is 24.1 Å². The summed E-state index contributed by atoms with van der Waals surface area (Å²) < 4.78 is 28.2. The van der Waals surface area contributed by atoms with E-state index in [1.54, 1.807) is 40.9 Å². The molecule has 0 saturated heterocycles. The zero-order chi connectivity index (χ0) is 18.0. The Morgan fingerprint density at radius 3 is 2.72 bits per heavy atom. The highest BCUT2D eigenvalue weighted by molar-refractivity contribution is 7.99. The normalized spacial score (nSPS) is 14.1. The summed E-state index contributed by atoms with van der Waals surface area (Å²) in [7, 11) is -3.68. The largest absolute Gasteiger partial charge is 0.311 e. The molecule has 0 fully saturated rings. The molecule has 5 nitrogen and oxygen atoms in total. The molecule has 0 radical (unpaired) electrons. The second-order valence-electron chi connectivity index (χ2n) is 5.76. The van der Waals surface area contributed by atoms with Gasteiger partial charge in [0.25, 0.3) is 10.0 Å². The molecule has 0 saturated carbocycles. The van der Waals surface area contributed by atoms with Crippen molar-refractivity contribution in [2.24, 2.45) is 0 Å². The van der Waals surface area contributed by atoms with Crippen LogP contribution >= 0.6 is 11.8 Å². The third-order valence-corrected chi connectivity index (χ3v) is 6.52. The first-order chi connectivity index (χ1) is 11.9. The Hall–Kier alpha value is -1.99. The van der Waals surface area contributed by atoms with Crippen molar-refractivity contribution in [3.05, 3.63) is 48.0 Å². The van der Waals surface area contributed by atoms with E-state index in [1.807, 2.05) is 25.1 Å². The molecule has 0 aliphatic carbocycles. The van der Waals surface area contributed by atoms with Crippen molar-refractivity contribution >= 4 is 39.1 Å². The van der Waals surface area contributed by atoms with Crippen molar-refractivity contribution in [3.63, 3.8) is 0 Å². The van der Waals surface area contributed by atoms with Crippen LogP contribution in [0, 0.1) is 0 Å². The lowest BCUT2D eigenvalue weighted by Crippen LogP contribution is -2.33. The molecule has 1 N–H and O–H groups in total. The minimum atomic E-state index is -3.68. The summed E-state index contributed by atoms with van der Waals surface area (Å²) >= 11 is 1.57. The average Bonchev–Trinajstić information content (AvgIpc) is 2.60. The van der Waals surface area contributed by atoms with Crippen molar-refractivity contribution in [1.29, 1.82) is 0 Å². The number of carbonyl (C=O) groups excluding carboxylic acids is 1. The fourth-order valence-corrected chi connectivity index (χ4v) is 5.06. The van der Waals surface area contributed by atoms with E-state index in [2.05, 4.69) is 4.72 Å². The average molecular weight is 377 g/mol. The molecule has 0 atom stereocenters. The van der Waals surface area contributed by atoms with Crippen LogP contribution < -0.4 is 9.62 Å². The number of benzene rings is 2. The number of amides is 1. The number of anilines is 2. The lowest BCUT2D eigenvalue weighted by atomic mass is 10.1. The molecule has 0 unspecified atom stereocenters. The molecule has 0 bridgehead atoms. The summed E-state index contributed by atoms with van der Waals surface area (Å²) in [5.74, 6) is 0.717. The summed E-state index contributed by atoms with van der Waals surface area (Å²) in [6.45, 7) is 4.15. The van der Waals surface area contributed by atoms with Crippen molar-refractivity contribution in [1.82, 2.24) is 0 Å². The Bertz CT molecular complexity index is 910. The van der Waals surface area contributed by atoms with E-state index in [9.17, 15) is 13.2 Å². The second kappa shape index (κ2) is 7.09. The number of aryl methyl sites for hydroxylation is 1. The molecule has 0 aromatic heterocycles. The van der Waals surface area contributed by atoms with E-state index < -0.39 is 10.0 Å². The van der Waals surface area contributed by atoms with Gasteiger partial charge in [0.15, 0.2) is 0 Å². The van der Waals surface area contributed by atoms with E-state index >= 15 is 0 Å². The molecular weight excluding hydrogens is 356 g/mol. The van der Waals surface area contributed by atoms with Gasteiger partial charge in [0.05, 0.1) is 16.3 Å². The molecule has 1 aliphatic heterocycles. The van der Waals surface area contributed by atoms with Crippen molar-refractivity contribution < 1.29 is 13.2 Å². The maximum absolute atomic E-state index is 12.8. The Morgan fingerprint density at radius 1 is 1.24 bits per heavy atom. The Kier molecular flexibility index (Phi) is 5.06. The van der Waals surface area contributed by atoms with Crippen molar-refractivity contribution in [3.8, 4) is 0 Å². The van der Waals surface area contributed by atoms with Crippen LogP contribution in [0.25, 0.3) is 0 Å². The first-order valence-electron chi connectivity index (χ1n) is 8.08. The van der Waals surface area contributed by atoms with Crippen LogP contribution in [-0.2, 0) is 21.2 Å². The van der Waals surface area contributed by atoms with E-state index in [0.29, 0.717) is 12.2 Å². The molecule has 7 heteroatoms. The van der Waals surface area contributed by atoms with Gasteiger partial charge in [-0.3, -0.25) is 9.52 Å². The Morgan fingerprint density at radius 2 is 2.00 bits per heavy atom. The fourth-order valence-electron chi connectivity index (χ4n) is 2.83. The number of nitrogens with zero attached hydrogens (tertiary/aromatic N) is 1. The molecule has 132 valence electrons. The van der Waals surface area contributed by atoms with Crippen LogP contribution in [0.1, 0.15) is 19.4 Å². The van der Waals surface area contributed by atoms with Crippen molar-refractivity contribution in [2.45, 2.75) is 30.1 Å². The lowest BCUT2D eigenvalue weighted by molar-refractivity contribution is -0.116. The number of rotatable bonds is 4. The summed E-state index contributed by atoms with van der Waals surface area (Å²) in [4.78, 5) is 14.4. The van der Waals surface area contributed by atoms with Gasteiger partial charge in [-0.2, -0.15) is 0 Å². The fraction of sp³-hybridized carbons (Fsp3) is 0.278. The third kappa shape index (κ3) is 3.67. The zero-order valence-corrected chi connectivity index (χ0v) is 15.8. The smallest absolute Gasteiger partial charge is 0.261 e. The van der Waals surface area contributed by atoms with Crippen LogP contribution in [0.15, 0.2) is 52.3 Å². The predicted molar refractivity (Wildman–Crippen MR) is 102 cm³/mol. The summed E-state index contributed by atoms with van der Waals surface area (Å²) in [6, 6.07) is 12.3. The number of fused-ring (bicyclic) bond motifs is 1. The minimum absolute atomic E-state index is 0.0350. The van der Waals surface area contributed by atoms with Gasteiger partial charge in [-0.05, 0) is 36.2 Å². The molecule has 25 heavy (non-hydrogen) atoms. The van der Waals surface area contributed by atoms with Gasteiger partial charge in [-0.25, -0.2) is 8.42 Å². The number of sulfonamides is 1. The van der Waals surface area contributed by atoms with Crippen LogP contribution in [-0.4, -0.2) is 26.6 Å². The first-order valence-corrected chi connectivity index (χ1v) is 10.5. The number of nitrogens with one attached hydrogen (secondary N) is 1. The highest BCUT2D eigenvalue weighted by atomic mass is 32.2. The van der Waals surface area contributed by atoms with Gasteiger partial charge < -0.3 is 4.90 Å². The molecule has 0 spiro atoms. The highest BCUT2D eigenvalue weighted by Gasteiger charge is 2.23. The number of thioether (sulfide) groups is 1. The predicted octanol–water partition coefficient (Wildman–Crippen LogP) is 3.51. The van der Waals surface area contributed by atoms with Gasteiger partial charge in [0.1, 0.15) is 0 Å². The highest BCUT2D eigenvalue weighted by Crippen LogP contribution is 2.36. The number of carbonyl (C=O) groups is 1. The molecule has 1 amide bonds. The van der Waals surface area contributed by atoms with Gasteiger partial charge >= 0.3 is 0 Å².